The molecule has 5 rings (SSSR count). The third kappa shape index (κ3) is 8.33. The third-order valence-corrected chi connectivity index (χ3v) is 10.5. The summed E-state index contributed by atoms with van der Waals surface area (Å²) in [6.45, 7) is 2.59. The molecule has 4 aromatic carbocycles. The third-order valence-electron chi connectivity index (χ3n) is 6.51. The zero-order valence-electron chi connectivity index (χ0n) is 22.3. The lowest BCUT2D eigenvalue weighted by molar-refractivity contribution is 0.156. The van der Waals surface area contributed by atoms with Gasteiger partial charge in [0.1, 0.15) is 23.5 Å². The van der Waals surface area contributed by atoms with Crippen molar-refractivity contribution in [2.45, 2.75) is 6.16 Å². The molecule has 1 atom stereocenters. The van der Waals surface area contributed by atoms with Crippen molar-refractivity contribution in [3.8, 4) is 17.2 Å². The van der Waals surface area contributed by atoms with E-state index in [-0.39, 0.29) is 6.29 Å². The van der Waals surface area contributed by atoms with Crippen LogP contribution in [0.15, 0.2) is 121 Å². The van der Waals surface area contributed by atoms with Crippen molar-refractivity contribution in [2.24, 2.45) is 0 Å². The van der Waals surface area contributed by atoms with E-state index in [1.54, 1.807) is 24.3 Å². The van der Waals surface area contributed by atoms with Gasteiger partial charge in [0.2, 0.25) is 0 Å². The molecule has 0 spiro atoms. The van der Waals surface area contributed by atoms with Gasteiger partial charge in [0.15, 0.2) is 0 Å². The number of benzene rings is 4. The maximum absolute atomic E-state index is 14.2. The van der Waals surface area contributed by atoms with Gasteiger partial charge in [-0.25, -0.2) is 4.57 Å². The summed E-state index contributed by atoms with van der Waals surface area (Å²) < 4.78 is 46.2. The van der Waals surface area contributed by atoms with Gasteiger partial charge in [0, 0.05) is 26.2 Å². The molecule has 0 aliphatic carbocycles. The van der Waals surface area contributed by atoms with Crippen LogP contribution in [0.25, 0.3) is 0 Å². The number of hydrogen-bond donors (Lipinski definition) is 0. The summed E-state index contributed by atoms with van der Waals surface area (Å²) in [5.41, 5.74) is 0.984. The smallest absolute Gasteiger partial charge is 0.442 e. The predicted octanol–water partition coefficient (Wildman–Crippen LogP) is 7.43. The second-order valence-electron chi connectivity index (χ2n) is 9.80. The number of hydrogen-bond acceptors (Lipinski definition) is 7. The SMILES string of the molecule is O=P(Cc1ccccc1)(CN1CCN(CP(=O)(Oc2ccccc2)Oc2ccccc2)CC1)Oc1ccccc1. The lowest BCUT2D eigenvalue weighted by Gasteiger charge is -2.37. The first-order valence-corrected chi connectivity index (χ1v) is 17.1. The fraction of sp³-hybridized carbons (Fsp3) is 0.226. The van der Waals surface area contributed by atoms with Crippen molar-refractivity contribution in [2.75, 3.05) is 38.8 Å². The normalized spacial score (nSPS) is 16.1. The number of piperazine rings is 1. The summed E-state index contributed by atoms with van der Waals surface area (Å²) in [6.07, 6.45) is 0.837. The molecular formula is C31H34N2O5P2. The first kappa shape index (κ1) is 28.2. The molecule has 0 bridgehead atoms. The molecule has 0 amide bonds. The first-order chi connectivity index (χ1) is 19.5. The average molecular weight is 577 g/mol. The average Bonchev–Trinajstić information content (AvgIpc) is 2.96. The van der Waals surface area contributed by atoms with E-state index in [1.165, 1.54) is 0 Å². The topological polar surface area (TPSA) is 68.3 Å². The molecule has 1 heterocycles. The highest BCUT2D eigenvalue weighted by molar-refractivity contribution is 7.58. The molecule has 1 saturated heterocycles. The number of rotatable bonds is 12. The fourth-order valence-corrected chi connectivity index (χ4v) is 8.83. The van der Waals surface area contributed by atoms with Crippen molar-refractivity contribution in [1.29, 1.82) is 0 Å². The Hall–Kier alpha value is -3.34. The Bertz CT molecular complexity index is 1220. The van der Waals surface area contributed by atoms with Crippen LogP contribution in [0, 0.1) is 0 Å². The van der Waals surface area contributed by atoms with Crippen LogP contribution >= 0.6 is 15.0 Å². The van der Waals surface area contributed by atoms with Gasteiger partial charge in [-0.2, -0.15) is 0 Å². The van der Waals surface area contributed by atoms with E-state index in [2.05, 4.69) is 9.80 Å². The molecule has 0 N–H and O–H groups in total. The van der Waals surface area contributed by atoms with Crippen molar-refractivity contribution >= 4 is 15.0 Å². The van der Waals surface area contributed by atoms with Crippen molar-refractivity contribution in [3.05, 3.63) is 127 Å². The minimum Gasteiger partial charge on any atom is -0.442 e. The van der Waals surface area contributed by atoms with Crippen LogP contribution in [-0.2, 0) is 15.3 Å². The van der Waals surface area contributed by atoms with Crippen molar-refractivity contribution in [3.63, 3.8) is 0 Å². The van der Waals surface area contributed by atoms with Gasteiger partial charge in [-0.1, -0.05) is 84.9 Å². The lowest BCUT2D eigenvalue weighted by atomic mass is 10.2. The molecule has 7 nitrogen and oxygen atoms in total. The quantitative estimate of drug-likeness (QED) is 0.163. The summed E-state index contributed by atoms with van der Waals surface area (Å²) in [5.74, 6) is 1.61. The number of para-hydroxylation sites is 3. The summed E-state index contributed by atoms with van der Waals surface area (Å²) in [4.78, 5) is 4.26. The van der Waals surface area contributed by atoms with Gasteiger partial charge >= 0.3 is 7.60 Å². The highest BCUT2D eigenvalue weighted by Gasteiger charge is 2.35. The Balaban J connectivity index is 1.24. The largest absolute Gasteiger partial charge is 0.444 e. The van der Waals surface area contributed by atoms with E-state index < -0.39 is 15.0 Å². The Kier molecular flexibility index (Phi) is 9.41. The molecule has 0 saturated carbocycles. The highest BCUT2D eigenvalue weighted by atomic mass is 31.2. The van der Waals surface area contributed by atoms with Gasteiger partial charge in [-0.3, -0.25) is 14.4 Å². The standard InChI is InChI=1S/C31H34N2O5P2/c34-39(25-28-13-5-1-6-14-28,36-29-15-7-2-8-16-29)26-32-21-23-33(24-22-32)27-40(35,37-30-17-9-3-10-18-30)38-31-19-11-4-12-20-31/h1-20H,21-27H2. The van der Waals surface area contributed by atoms with Crippen LogP contribution in [0.1, 0.15) is 5.56 Å². The Labute approximate surface area is 236 Å². The maximum Gasteiger partial charge on any atom is 0.444 e. The molecule has 9 heteroatoms. The fourth-order valence-electron chi connectivity index (χ4n) is 4.63. The van der Waals surface area contributed by atoms with Crippen LogP contribution in [-0.4, -0.2) is 48.6 Å². The zero-order valence-corrected chi connectivity index (χ0v) is 24.1. The van der Waals surface area contributed by atoms with E-state index in [4.69, 9.17) is 13.6 Å². The van der Waals surface area contributed by atoms with E-state index >= 15 is 0 Å². The molecule has 1 unspecified atom stereocenters. The van der Waals surface area contributed by atoms with Gasteiger partial charge < -0.3 is 13.6 Å². The van der Waals surface area contributed by atoms with Gasteiger partial charge in [-0.05, 0) is 42.0 Å². The summed E-state index contributed by atoms with van der Waals surface area (Å²) in [6, 6.07) is 37.4. The number of nitrogens with zero attached hydrogens (tertiary/aromatic N) is 2. The Morgan fingerprint density at radius 1 is 0.500 bits per heavy atom. The van der Waals surface area contributed by atoms with Crippen LogP contribution in [0.4, 0.5) is 0 Å². The maximum atomic E-state index is 14.2. The minimum absolute atomic E-state index is 0.146. The van der Waals surface area contributed by atoms with Crippen LogP contribution in [0.2, 0.25) is 0 Å². The van der Waals surface area contributed by atoms with E-state index in [0.717, 1.165) is 5.56 Å². The lowest BCUT2D eigenvalue weighted by Crippen LogP contribution is -2.47. The van der Waals surface area contributed by atoms with Crippen molar-refractivity contribution < 1.29 is 22.7 Å². The first-order valence-electron chi connectivity index (χ1n) is 13.4. The van der Waals surface area contributed by atoms with Gasteiger partial charge in [0.25, 0.3) is 7.37 Å². The van der Waals surface area contributed by atoms with E-state index in [0.29, 0.717) is 55.9 Å². The molecule has 1 aliphatic heterocycles. The second kappa shape index (κ2) is 13.3. The Morgan fingerprint density at radius 3 is 1.32 bits per heavy atom. The zero-order chi connectivity index (χ0) is 27.7. The predicted molar refractivity (Wildman–Crippen MR) is 159 cm³/mol. The minimum atomic E-state index is -3.56. The molecule has 0 radical (unpaired) electrons. The molecule has 40 heavy (non-hydrogen) atoms. The van der Waals surface area contributed by atoms with E-state index in [1.807, 2.05) is 97.1 Å². The molecule has 208 valence electrons. The van der Waals surface area contributed by atoms with Crippen molar-refractivity contribution in [1.82, 2.24) is 9.80 Å². The second-order valence-corrected chi connectivity index (χ2v) is 14.1. The van der Waals surface area contributed by atoms with E-state index in [9.17, 15) is 9.13 Å². The van der Waals surface area contributed by atoms with Gasteiger partial charge in [0.05, 0.1) is 12.4 Å². The summed E-state index contributed by atoms with van der Waals surface area (Å²) >= 11 is 0. The molecule has 4 aromatic rings. The Morgan fingerprint density at radius 2 is 0.875 bits per heavy atom. The summed E-state index contributed by atoms with van der Waals surface area (Å²) in [7, 11) is -6.64. The van der Waals surface area contributed by atoms with Crippen LogP contribution in [0.3, 0.4) is 0 Å². The highest BCUT2D eigenvalue weighted by Crippen LogP contribution is 2.52. The van der Waals surface area contributed by atoms with Crippen LogP contribution in [0.5, 0.6) is 17.2 Å². The molecule has 0 aromatic heterocycles. The van der Waals surface area contributed by atoms with Gasteiger partial charge in [-0.15, -0.1) is 0 Å². The molecule has 1 fully saturated rings. The molecular weight excluding hydrogens is 542 g/mol. The van der Waals surface area contributed by atoms with Crippen LogP contribution < -0.4 is 13.6 Å². The monoisotopic (exact) mass is 576 g/mol. The summed E-state index contributed by atoms with van der Waals surface area (Å²) in [5, 5.41) is 0. The molecule has 1 aliphatic rings.